The molecule has 0 aliphatic carbocycles. The summed E-state index contributed by atoms with van der Waals surface area (Å²) < 4.78 is 80.7. The van der Waals surface area contributed by atoms with E-state index in [0.717, 1.165) is 24.5 Å². The van der Waals surface area contributed by atoms with Crippen molar-refractivity contribution in [2.75, 3.05) is 38.6 Å². The van der Waals surface area contributed by atoms with E-state index < -0.39 is 33.5 Å². The quantitative estimate of drug-likeness (QED) is 0.139. The maximum atomic E-state index is 13.6. The van der Waals surface area contributed by atoms with Gasteiger partial charge in [0.1, 0.15) is 26.9 Å². The molecule has 1 spiro atoms. The van der Waals surface area contributed by atoms with Crippen LogP contribution in [0.3, 0.4) is 0 Å². The molecular weight excluding hydrogens is 701 g/mol. The van der Waals surface area contributed by atoms with Gasteiger partial charge in [-0.05, 0) is 55.8 Å². The Labute approximate surface area is 284 Å². The maximum Gasteiger partial charge on any atom is 0.433 e. The molecule has 262 valence electrons. The number of ether oxygens (including phenoxy) is 2. The summed E-state index contributed by atoms with van der Waals surface area (Å²) in [6.45, 7) is 1.92. The number of piperidine rings is 1. The lowest BCUT2D eigenvalue weighted by Gasteiger charge is -2.36. The van der Waals surface area contributed by atoms with Gasteiger partial charge in [0.2, 0.25) is 0 Å². The largest absolute Gasteiger partial charge is 0.496 e. The fourth-order valence-electron chi connectivity index (χ4n) is 5.74. The Morgan fingerprint density at radius 1 is 1.10 bits per heavy atom. The van der Waals surface area contributed by atoms with Crippen LogP contribution < -0.4 is 24.8 Å². The lowest BCUT2D eigenvalue weighted by atomic mass is 9.87. The molecule has 3 aromatic rings. The minimum Gasteiger partial charge on any atom is -0.496 e. The molecule has 13 nitrogen and oxygen atoms in total. The number of sulfonamides is 1. The number of ketones is 1. The number of unbranched alkanes of at least 4 members (excludes halogenated alkanes) is 1. The highest BCUT2D eigenvalue weighted by molar-refractivity contribution is 7.94. The molecule has 1 aromatic carbocycles. The van der Waals surface area contributed by atoms with E-state index in [9.17, 15) is 36.0 Å². The molecule has 48 heavy (non-hydrogen) atoms. The second kappa shape index (κ2) is 14.3. The first kappa shape index (κ1) is 37.0. The number of nitrogens with one attached hydrogen (secondary N) is 3. The van der Waals surface area contributed by atoms with Gasteiger partial charge in [-0.3, -0.25) is 24.3 Å². The van der Waals surface area contributed by atoms with Crippen molar-refractivity contribution in [3.8, 4) is 22.8 Å². The van der Waals surface area contributed by atoms with Crippen LogP contribution in [0.25, 0.3) is 11.3 Å². The number of Topliss-reactive ketones (excluding diaryl/α,β-unsaturated/α-hetero) is 1. The number of halogens is 4. The number of carbonyl (C=O) groups is 3. The van der Waals surface area contributed by atoms with Crippen molar-refractivity contribution < 1.29 is 45.4 Å². The van der Waals surface area contributed by atoms with Gasteiger partial charge >= 0.3 is 12.2 Å². The predicted octanol–water partition coefficient (Wildman–Crippen LogP) is 4.43. The van der Waals surface area contributed by atoms with Crippen LogP contribution in [0.4, 0.5) is 23.7 Å². The number of hydrogen-bond acceptors (Lipinski definition) is 10. The highest BCUT2D eigenvalue weighted by atomic mass is 35.5. The van der Waals surface area contributed by atoms with E-state index in [1.807, 2.05) is 0 Å². The van der Waals surface area contributed by atoms with Gasteiger partial charge in [-0.25, -0.2) is 13.2 Å². The van der Waals surface area contributed by atoms with Crippen molar-refractivity contribution in [1.82, 2.24) is 25.3 Å². The van der Waals surface area contributed by atoms with Crippen LogP contribution in [0.15, 0.2) is 33.9 Å². The number of methoxy groups -OCH3 is 2. The number of anilines is 1. The standard InChI is InChI=1S/C29H33F3N6O7S2.ClH/c1-37-24(29(30,31)32)15-19(35-37)17-7-13-46-25(17)47(42,43)36-20-14-18(22(44-2)16-23(20)45-3)21(39)6-4-5-10-38-11-8-28(9-12-38)26(40)33-27(41)34-28;/h7,13-16,36H,4-6,8-12H2,1-3H3,(H2,33,34,40,41);1H. The minimum absolute atomic E-state index is 0. The molecule has 2 aliphatic rings. The van der Waals surface area contributed by atoms with Crippen molar-refractivity contribution in [3.05, 3.63) is 40.9 Å². The summed E-state index contributed by atoms with van der Waals surface area (Å²) in [7, 11) is -0.581. The van der Waals surface area contributed by atoms with E-state index in [2.05, 4.69) is 25.4 Å². The van der Waals surface area contributed by atoms with Crippen molar-refractivity contribution in [1.29, 1.82) is 0 Å². The van der Waals surface area contributed by atoms with Crippen molar-refractivity contribution in [2.45, 2.75) is 48.0 Å². The van der Waals surface area contributed by atoms with Gasteiger partial charge in [0, 0.05) is 38.2 Å². The first-order valence-electron chi connectivity index (χ1n) is 14.5. The molecule has 5 rings (SSSR count). The first-order chi connectivity index (χ1) is 22.2. The summed E-state index contributed by atoms with van der Waals surface area (Å²) in [6.07, 6.45) is -2.35. The summed E-state index contributed by atoms with van der Waals surface area (Å²) in [4.78, 5) is 39.2. The summed E-state index contributed by atoms with van der Waals surface area (Å²) >= 11 is 0.800. The number of benzene rings is 1. The van der Waals surface area contributed by atoms with E-state index in [-0.39, 0.29) is 68.7 Å². The van der Waals surface area contributed by atoms with Gasteiger partial charge < -0.3 is 19.7 Å². The molecule has 0 bridgehead atoms. The van der Waals surface area contributed by atoms with Crippen LogP contribution in [0.2, 0.25) is 0 Å². The highest BCUT2D eigenvalue weighted by Crippen LogP contribution is 2.39. The molecule has 2 saturated heterocycles. The molecule has 2 aliphatic heterocycles. The van der Waals surface area contributed by atoms with E-state index in [0.29, 0.717) is 50.0 Å². The van der Waals surface area contributed by atoms with Crippen LogP contribution in [0, 0.1) is 0 Å². The Morgan fingerprint density at radius 3 is 2.38 bits per heavy atom. The molecule has 4 heterocycles. The van der Waals surface area contributed by atoms with Gasteiger partial charge in [0.25, 0.3) is 15.9 Å². The number of carbonyl (C=O) groups excluding carboxylic acids is 3. The lowest BCUT2D eigenvalue weighted by molar-refractivity contribution is -0.143. The molecule has 0 radical (unpaired) electrons. The third-order valence-electron chi connectivity index (χ3n) is 8.24. The number of rotatable bonds is 12. The number of hydrogen-bond donors (Lipinski definition) is 3. The zero-order valence-corrected chi connectivity index (χ0v) is 28.6. The Morgan fingerprint density at radius 2 is 1.79 bits per heavy atom. The van der Waals surface area contributed by atoms with Crippen LogP contribution in [0.5, 0.6) is 11.5 Å². The summed E-state index contributed by atoms with van der Waals surface area (Å²) in [5.74, 6) is -0.352. The molecule has 2 aromatic heterocycles. The smallest absolute Gasteiger partial charge is 0.433 e. The number of alkyl halides is 3. The number of aryl methyl sites for hydroxylation is 1. The second-order valence-corrected chi connectivity index (χ2v) is 14.0. The van der Waals surface area contributed by atoms with Gasteiger partial charge in [-0.1, -0.05) is 0 Å². The van der Waals surface area contributed by atoms with E-state index in [1.54, 1.807) is 0 Å². The number of likely N-dealkylation sites (tertiary alicyclic amines) is 1. The first-order valence-corrected chi connectivity index (χ1v) is 16.9. The van der Waals surface area contributed by atoms with Crippen molar-refractivity contribution in [2.24, 2.45) is 7.05 Å². The molecule has 0 atom stereocenters. The molecule has 0 saturated carbocycles. The van der Waals surface area contributed by atoms with Gasteiger partial charge in [0.15, 0.2) is 5.78 Å². The Balaban J connectivity index is 0.00000520. The van der Waals surface area contributed by atoms with Gasteiger partial charge in [0.05, 0.1) is 31.2 Å². The van der Waals surface area contributed by atoms with Crippen molar-refractivity contribution in [3.63, 3.8) is 0 Å². The third-order valence-corrected chi connectivity index (χ3v) is 11.1. The van der Waals surface area contributed by atoms with E-state index >= 15 is 0 Å². The third kappa shape index (κ3) is 7.55. The number of imide groups is 1. The number of thiophene rings is 1. The topological polar surface area (TPSA) is 161 Å². The maximum absolute atomic E-state index is 13.6. The summed E-state index contributed by atoms with van der Waals surface area (Å²) in [5, 5.41) is 10.3. The van der Waals surface area contributed by atoms with Crippen LogP contribution >= 0.6 is 23.7 Å². The average molecular weight is 735 g/mol. The van der Waals surface area contributed by atoms with Gasteiger partial charge in [-0.2, -0.15) is 18.3 Å². The van der Waals surface area contributed by atoms with Gasteiger partial charge in [-0.15, -0.1) is 23.7 Å². The predicted molar refractivity (Wildman–Crippen MR) is 172 cm³/mol. The monoisotopic (exact) mass is 734 g/mol. The molecule has 3 N–H and O–H groups in total. The molecular formula is C29H34ClF3N6O7S2. The zero-order valence-electron chi connectivity index (χ0n) is 26.1. The summed E-state index contributed by atoms with van der Waals surface area (Å²) in [5.41, 5.74) is -2.00. The zero-order chi connectivity index (χ0) is 34.1. The Bertz CT molecular complexity index is 1800. The molecule has 2 fully saturated rings. The highest BCUT2D eigenvalue weighted by Gasteiger charge is 2.47. The second-order valence-electron chi connectivity index (χ2n) is 11.2. The van der Waals surface area contributed by atoms with E-state index in [1.165, 1.54) is 37.8 Å². The molecule has 19 heteroatoms. The molecule has 0 unspecified atom stereocenters. The lowest BCUT2D eigenvalue weighted by Crippen LogP contribution is -2.54. The number of nitrogens with zero attached hydrogens (tertiary/aromatic N) is 3. The Hall–Kier alpha value is -3.87. The summed E-state index contributed by atoms with van der Waals surface area (Å²) in [6, 6.07) is 4.37. The minimum atomic E-state index is -4.68. The molecule has 3 amide bonds. The van der Waals surface area contributed by atoms with Crippen LogP contribution in [0.1, 0.15) is 48.2 Å². The average Bonchev–Trinajstić information content (AvgIpc) is 3.73. The SMILES string of the molecule is COc1cc(OC)c(C(=O)CCCCN2CCC3(CC2)NC(=O)NC3=O)cc1NS(=O)(=O)c1sccc1-c1cc(C(F)(F)F)n(C)n1.Cl. The number of urea groups is 1. The van der Waals surface area contributed by atoms with Crippen molar-refractivity contribution >= 4 is 57.2 Å². The normalized spacial score (nSPS) is 16.3. The number of amides is 3. The fraction of sp³-hybridized carbons (Fsp3) is 0.448. The van der Waals surface area contributed by atoms with E-state index in [4.69, 9.17) is 9.47 Å². The Kier molecular flexibility index (Phi) is 11.0. The van der Waals surface area contributed by atoms with Crippen LogP contribution in [-0.4, -0.2) is 80.2 Å². The fourth-order valence-corrected chi connectivity index (χ4v) is 8.17. The van der Waals surface area contributed by atoms with Crippen LogP contribution in [-0.2, 0) is 28.0 Å². The number of aromatic nitrogens is 2.